The Balaban J connectivity index is 2.36. The van der Waals surface area contributed by atoms with Crippen molar-refractivity contribution in [1.82, 2.24) is 0 Å². The van der Waals surface area contributed by atoms with E-state index in [0.717, 1.165) is 6.42 Å². The van der Waals surface area contributed by atoms with E-state index in [1.54, 1.807) is 0 Å². The third-order valence-corrected chi connectivity index (χ3v) is 2.68. The first kappa shape index (κ1) is 8.34. The molecular formula is C12H12O. The first-order valence-corrected chi connectivity index (χ1v) is 4.50. The topological polar surface area (TPSA) is 20.2 Å². The number of aryl methyl sites for hydroxylation is 1. The number of hydrogen-bond acceptors (Lipinski definition) is 1. The molecule has 0 aromatic heterocycles. The Morgan fingerprint density at radius 2 is 2.00 bits per heavy atom. The molecule has 0 saturated heterocycles. The lowest BCUT2D eigenvalue weighted by Crippen LogP contribution is -2.33. The largest absolute Gasteiger partial charge is 0.377 e. The zero-order valence-corrected chi connectivity index (χ0v) is 7.46. The summed E-state index contributed by atoms with van der Waals surface area (Å²) in [6, 6.07) is 8.16. The highest BCUT2D eigenvalue weighted by Gasteiger charge is 2.29. The van der Waals surface area contributed by atoms with E-state index in [-0.39, 0.29) is 0 Å². The van der Waals surface area contributed by atoms with E-state index in [1.165, 1.54) is 11.1 Å². The van der Waals surface area contributed by atoms with Crippen molar-refractivity contribution in [3.05, 3.63) is 35.4 Å². The molecule has 0 radical (unpaired) electrons. The zero-order valence-electron chi connectivity index (χ0n) is 7.46. The summed E-state index contributed by atoms with van der Waals surface area (Å²) < 4.78 is 0. The van der Waals surface area contributed by atoms with Crippen LogP contribution in [-0.2, 0) is 12.8 Å². The second kappa shape index (κ2) is 2.90. The Hall–Kier alpha value is -1.26. The maximum atomic E-state index is 9.89. The fourth-order valence-electron chi connectivity index (χ4n) is 1.84. The number of fused-ring (bicyclic) bond motifs is 1. The van der Waals surface area contributed by atoms with Crippen molar-refractivity contribution in [1.29, 1.82) is 0 Å². The van der Waals surface area contributed by atoms with Gasteiger partial charge < -0.3 is 5.11 Å². The molecule has 0 fully saturated rings. The van der Waals surface area contributed by atoms with Gasteiger partial charge in [-0.25, -0.2) is 0 Å². The number of benzene rings is 1. The van der Waals surface area contributed by atoms with Gasteiger partial charge in [-0.3, -0.25) is 0 Å². The van der Waals surface area contributed by atoms with Crippen LogP contribution in [-0.4, -0.2) is 10.7 Å². The van der Waals surface area contributed by atoms with Crippen LogP contribution >= 0.6 is 0 Å². The fourth-order valence-corrected chi connectivity index (χ4v) is 1.84. The predicted molar refractivity (Wildman–Crippen MR) is 52.2 cm³/mol. The average Bonchev–Trinajstić information content (AvgIpc) is 2.18. The maximum absolute atomic E-state index is 9.89. The zero-order chi connectivity index (χ0) is 9.31. The van der Waals surface area contributed by atoms with E-state index in [1.807, 2.05) is 18.2 Å². The molecule has 66 valence electrons. The van der Waals surface area contributed by atoms with Crippen LogP contribution in [0, 0.1) is 12.3 Å². The molecule has 1 N–H and O–H groups in total. The van der Waals surface area contributed by atoms with Gasteiger partial charge in [-0.15, -0.1) is 6.42 Å². The second-order valence-corrected chi connectivity index (χ2v) is 3.62. The molecule has 0 aliphatic heterocycles. The highest BCUT2D eigenvalue weighted by atomic mass is 16.3. The quantitative estimate of drug-likeness (QED) is 0.588. The molecule has 1 heteroatoms. The molecule has 0 heterocycles. The first-order chi connectivity index (χ1) is 6.23. The van der Waals surface area contributed by atoms with Crippen molar-refractivity contribution in [3.8, 4) is 12.3 Å². The summed E-state index contributed by atoms with van der Waals surface area (Å²) in [5.74, 6) is 2.48. The lowest BCUT2D eigenvalue weighted by atomic mass is 9.81. The Labute approximate surface area is 78.4 Å². The van der Waals surface area contributed by atoms with E-state index in [9.17, 15) is 5.11 Å². The fraction of sp³-hybridized carbons (Fsp3) is 0.333. The van der Waals surface area contributed by atoms with Crippen molar-refractivity contribution in [3.63, 3.8) is 0 Å². The maximum Gasteiger partial charge on any atom is 0.129 e. The molecule has 0 amide bonds. The molecule has 2 rings (SSSR count). The van der Waals surface area contributed by atoms with Gasteiger partial charge in [0.05, 0.1) is 0 Å². The molecule has 1 aromatic rings. The number of aliphatic hydroxyl groups is 1. The summed E-state index contributed by atoms with van der Waals surface area (Å²) in [6.45, 7) is 0. The number of rotatable bonds is 0. The van der Waals surface area contributed by atoms with Crippen LogP contribution in [0.3, 0.4) is 0 Å². The number of hydrogen-bond donors (Lipinski definition) is 1. The highest BCUT2D eigenvalue weighted by molar-refractivity contribution is 5.34. The van der Waals surface area contributed by atoms with Gasteiger partial charge >= 0.3 is 0 Å². The summed E-state index contributed by atoms with van der Waals surface area (Å²) in [4.78, 5) is 0. The molecule has 1 atom stereocenters. The third-order valence-electron chi connectivity index (χ3n) is 2.68. The molecule has 1 nitrogen and oxygen atoms in total. The van der Waals surface area contributed by atoms with E-state index in [2.05, 4.69) is 12.0 Å². The number of terminal acetylenes is 1. The van der Waals surface area contributed by atoms with Crippen molar-refractivity contribution < 1.29 is 5.11 Å². The molecule has 1 aliphatic rings. The van der Waals surface area contributed by atoms with E-state index in [4.69, 9.17) is 6.42 Å². The molecule has 13 heavy (non-hydrogen) atoms. The summed E-state index contributed by atoms with van der Waals surface area (Å²) in [5, 5.41) is 9.89. The predicted octanol–water partition coefficient (Wildman–Crippen LogP) is 1.54. The Bertz CT molecular complexity index is 362. The van der Waals surface area contributed by atoms with Gasteiger partial charge in [0.1, 0.15) is 5.60 Å². The molecule has 0 bridgehead atoms. The standard InChI is InChI=1S/C12H12O/c1-2-12(13)8-7-10-5-3-4-6-11(10)9-12/h1,3-6,13H,7-9H2. The van der Waals surface area contributed by atoms with Crippen LogP contribution < -0.4 is 0 Å². The van der Waals surface area contributed by atoms with Crippen LogP contribution in [0.5, 0.6) is 0 Å². The molecule has 1 aromatic carbocycles. The molecule has 0 spiro atoms. The second-order valence-electron chi connectivity index (χ2n) is 3.62. The van der Waals surface area contributed by atoms with Crippen molar-refractivity contribution in [2.24, 2.45) is 0 Å². The minimum Gasteiger partial charge on any atom is -0.377 e. The van der Waals surface area contributed by atoms with Crippen LogP contribution in [0.2, 0.25) is 0 Å². The van der Waals surface area contributed by atoms with Gasteiger partial charge in [-0.1, -0.05) is 30.2 Å². The Morgan fingerprint density at radius 3 is 2.69 bits per heavy atom. The minimum absolute atomic E-state index is 0.597. The Morgan fingerprint density at radius 1 is 1.31 bits per heavy atom. The van der Waals surface area contributed by atoms with E-state index >= 15 is 0 Å². The summed E-state index contributed by atoms with van der Waals surface area (Å²) in [6.07, 6.45) is 7.46. The van der Waals surface area contributed by atoms with Gasteiger partial charge in [0.25, 0.3) is 0 Å². The molecule has 1 unspecified atom stereocenters. The van der Waals surface area contributed by atoms with E-state index in [0.29, 0.717) is 12.8 Å². The molecule has 0 saturated carbocycles. The summed E-state index contributed by atoms with van der Waals surface area (Å²) in [7, 11) is 0. The van der Waals surface area contributed by atoms with Gasteiger partial charge in [-0.05, 0) is 24.0 Å². The SMILES string of the molecule is C#CC1(O)CCc2ccccc2C1. The van der Waals surface area contributed by atoms with Crippen molar-refractivity contribution in [2.45, 2.75) is 24.9 Å². The van der Waals surface area contributed by atoms with Crippen LogP contribution in [0.25, 0.3) is 0 Å². The molecular weight excluding hydrogens is 160 g/mol. The van der Waals surface area contributed by atoms with Crippen LogP contribution in [0.1, 0.15) is 17.5 Å². The summed E-state index contributed by atoms with van der Waals surface area (Å²) in [5.41, 5.74) is 1.60. The smallest absolute Gasteiger partial charge is 0.129 e. The van der Waals surface area contributed by atoms with Crippen molar-refractivity contribution >= 4 is 0 Å². The Kier molecular flexibility index (Phi) is 1.86. The van der Waals surface area contributed by atoms with E-state index < -0.39 is 5.60 Å². The van der Waals surface area contributed by atoms with Gasteiger partial charge in [0.15, 0.2) is 0 Å². The lowest BCUT2D eigenvalue weighted by molar-refractivity contribution is 0.0865. The van der Waals surface area contributed by atoms with Crippen molar-refractivity contribution in [2.75, 3.05) is 0 Å². The first-order valence-electron chi connectivity index (χ1n) is 4.50. The highest BCUT2D eigenvalue weighted by Crippen LogP contribution is 2.27. The summed E-state index contributed by atoms with van der Waals surface area (Å²) >= 11 is 0. The van der Waals surface area contributed by atoms with Gasteiger partial charge in [-0.2, -0.15) is 0 Å². The normalized spacial score (nSPS) is 26.2. The van der Waals surface area contributed by atoms with Crippen LogP contribution in [0.4, 0.5) is 0 Å². The van der Waals surface area contributed by atoms with Gasteiger partial charge in [0, 0.05) is 6.42 Å². The average molecular weight is 172 g/mol. The minimum atomic E-state index is -0.908. The third kappa shape index (κ3) is 1.46. The lowest BCUT2D eigenvalue weighted by Gasteiger charge is -2.28. The monoisotopic (exact) mass is 172 g/mol. The van der Waals surface area contributed by atoms with Crippen LogP contribution in [0.15, 0.2) is 24.3 Å². The van der Waals surface area contributed by atoms with Gasteiger partial charge in [0.2, 0.25) is 0 Å². The molecule has 1 aliphatic carbocycles.